The zero-order valence-electron chi connectivity index (χ0n) is 7.29. The summed E-state index contributed by atoms with van der Waals surface area (Å²) in [5.74, 6) is -0.238. The highest BCUT2D eigenvalue weighted by Crippen LogP contribution is 2.25. The zero-order valence-corrected chi connectivity index (χ0v) is 10.3. The lowest BCUT2D eigenvalue weighted by Gasteiger charge is -1.98. The van der Waals surface area contributed by atoms with Crippen molar-refractivity contribution in [1.82, 2.24) is 9.36 Å². The molecule has 0 amide bonds. The molecule has 0 atom stereocenters. The molecule has 0 aliphatic heterocycles. The van der Waals surface area contributed by atoms with Crippen LogP contribution in [0.25, 0.3) is 10.6 Å². The lowest BCUT2D eigenvalue weighted by molar-refractivity contribution is 0.630. The number of benzene rings is 1. The van der Waals surface area contributed by atoms with Crippen LogP contribution in [0.3, 0.4) is 0 Å². The highest BCUT2D eigenvalue weighted by Gasteiger charge is 2.09. The molecule has 0 spiro atoms. The molecule has 1 aromatic heterocycles. The lowest BCUT2D eigenvalue weighted by atomic mass is 10.1. The number of aryl methyl sites for hydroxylation is 1. The Labute approximate surface area is 98.5 Å². The maximum atomic E-state index is 13.5. The van der Waals surface area contributed by atoms with Crippen LogP contribution in [-0.4, -0.2) is 9.36 Å². The van der Waals surface area contributed by atoms with E-state index < -0.39 is 0 Å². The van der Waals surface area contributed by atoms with Crippen LogP contribution in [0, 0.1) is 16.6 Å². The number of nitrogens with zero attached hydrogens (tertiary/aromatic N) is 2. The maximum absolute atomic E-state index is 13.5. The summed E-state index contributed by atoms with van der Waals surface area (Å²) in [4.78, 5) is 4.13. The third-order valence-corrected chi connectivity index (χ3v) is 3.31. The first kappa shape index (κ1) is 9.97. The SMILES string of the molecule is Cc1ccc(-c2nc(I)ns2)c(F)c1. The van der Waals surface area contributed by atoms with E-state index in [0.717, 1.165) is 5.56 Å². The van der Waals surface area contributed by atoms with Crippen LogP contribution < -0.4 is 0 Å². The molecule has 5 heteroatoms. The van der Waals surface area contributed by atoms with Crippen LogP contribution in [0.5, 0.6) is 0 Å². The Morgan fingerprint density at radius 3 is 2.79 bits per heavy atom. The van der Waals surface area contributed by atoms with Crippen molar-refractivity contribution < 1.29 is 4.39 Å². The van der Waals surface area contributed by atoms with Crippen molar-refractivity contribution in [3.63, 3.8) is 0 Å². The average Bonchev–Trinajstić information content (AvgIpc) is 2.51. The molecule has 0 unspecified atom stereocenters. The minimum atomic E-state index is -0.238. The first-order valence-corrected chi connectivity index (χ1v) is 5.78. The molecule has 72 valence electrons. The van der Waals surface area contributed by atoms with Crippen molar-refractivity contribution in [1.29, 1.82) is 0 Å². The summed E-state index contributed by atoms with van der Waals surface area (Å²) in [7, 11) is 0. The van der Waals surface area contributed by atoms with Crippen molar-refractivity contribution in [2.45, 2.75) is 6.92 Å². The first-order chi connectivity index (χ1) is 6.66. The Kier molecular flexibility index (Phi) is 2.78. The van der Waals surface area contributed by atoms with Crippen LogP contribution in [0.2, 0.25) is 0 Å². The van der Waals surface area contributed by atoms with E-state index in [4.69, 9.17) is 0 Å². The third kappa shape index (κ3) is 1.93. The molecule has 1 aromatic carbocycles. The number of rotatable bonds is 1. The summed E-state index contributed by atoms with van der Waals surface area (Å²) >= 11 is 3.23. The third-order valence-electron chi connectivity index (χ3n) is 1.76. The smallest absolute Gasteiger partial charge is 0.203 e. The van der Waals surface area contributed by atoms with Gasteiger partial charge >= 0.3 is 0 Å². The fourth-order valence-electron chi connectivity index (χ4n) is 1.11. The maximum Gasteiger partial charge on any atom is 0.203 e. The molecule has 2 aromatic rings. The number of hydrogen-bond acceptors (Lipinski definition) is 3. The molecule has 1 heterocycles. The predicted octanol–water partition coefficient (Wildman–Crippen LogP) is 3.26. The van der Waals surface area contributed by atoms with Gasteiger partial charge < -0.3 is 0 Å². The second-order valence-corrected chi connectivity index (χ2v) is 4.57. The lowest BCUT2D eigenvalue weighted by Crippen LogP contribution is -1.84. The summed E-state index contributed by atoms with van der Waals surface area (Å²) in [6.07, 6.45) is 0. The Hall–Kier alpha value is -0.560. The Morgan fingerprint density at radius 2 is 2.21 bits per heavy atom. The number of halogens is 2. The molecule has 0 saturated heterocycles. The van der Waals surface area contributed by atoms with Crippen molar-refractivity contribution >= 4 is 34.1 Å². The molecule has 14 heavy (non-hydrogen) atoms. The molecule has 0 aliphatic carbocycles. The fourth-order valence-corrected chi connectivity index (χ4v) is 2.40. The van der Waals surface area contributed by atoms with Gasteiger partial charge in [-0.1, -0.05) is 6.07 Å². The van der Waals surface area contributed by atoms with Gasteiger partial charge in [0.15, 0.2) is 0 Å². The first-order valence-electron chi connectivity index (χ1n) is 3.92. The second-order valence-electron chi connectivity index (χ2n) is 2.85. The molecular weight excluding hydrogens is 314 g/mol. The van der Waals surface area contributed by atoms with E-state index in [2.05, 4.69) is 9.36 Å². The van der Waals surface area contributed by atoms with E-state index in [0.29, 0.717) is 14.4 Å². The average molecular weight is 320 g/mol. The Morgan fingerprint density at radius 1 is 1.43 bits per heavy atom. The summed E-state index contributed by atoms with van der Waals surface area (Å²) in [6, 6.07) is 5.11. The van der Waals surface area contributed by atoms with Crippen LogP contribution in [0.4, 0.5) is 4.39 Å². The van der Waals surface area contributed by atoms with Gasteiger partial charge in [-0.15, -0.1) is 0 Å². The zero-order chi connectivity index (χ0) is 10.1. The van der Waals surface area contributed by atoms with Gasteiger partial charge in [-0.05, 0) is 36.2 Å². The van der Waals surface area contributed by atoms with E-state index in [9.17, 15) is 4.39 Å². The monoisotopic (exact) mass is 320 g/mol. The molecular formula is C9H6FIN2S. The van der Waals surface area contributed by atoms with Crippen LogP contribution in [-0.2, 0) is 0 Å². The van der Waals surface area contributed by atoms with E-state index in [-0.39, 0.29) is 5.82 Å². The molecule has 0 saturated carbocycles. The van der Waals surface area contributed by atoms with Gasteiger partial charge in [-0.3, -0.25) is 0 Å². The van der Waals surface area contributed by atoms with Gasteiger partial charge in [0.1, 0.15) is 10.8 Å². The van der Waals surface area contributed by atoms with Crippen molar-refractivity contribution in [2.24, 2.45) is 0 Å². The van der Waals surface area contributed by atoms with Crippen molar-refractivity contribution in [2.75, 3.05) is 0 Å². The largest absolute Gasteiger partial charge is 0.209 e. The van der Waals surface area contributed by atoms with E-state index in [1.807, 2.05) is 35.6 Å². The predicted molar refractivity (Wildman–Crippen MR) is 62.8 cm³/mol. The molecule has 2 nitrogen and oxygen atoms in total. The topological polar surface area (TPSA) is 25.8 Å². The quantitative estimate of drug-likeness (QED) is 0.754. The van der Waals surface area contributed by atoms with Crippen molar-refractivity contribution in [3.8, 4) is 10.6 Å². The normalized spacial score (nSPS) is 10.5. The van der Waals surface area contributed by atoms with Gasteiger partial charge in [-0.25, -0.2) is 9.37 Å². The fraction of sp³-hybridized carbons (Fsp3) is 0.111. The summed E-state index contributed by atoms with van der Waals surface area (Å²) < 4.78 is 18.1. The van der Waals surface area contributed by atoms with Gasteiger partial charge in [0.2, 0.25) is 3.83 Å². The minimum absolute atomic E-state index is 0.238. The molecule has 2 rings (SSSR count). The Balaban J connectivity index is 2.52. The standard InChI is InChI=1S/C9H6FIN2S/c1-5-2-3-6(7(10)4-5)8-12-9(11)13-14-8/h2-4H,1H3. The van der Waals surface area contributed by atoms with E-state index in [1.165, 1.54) is 17.6 Å². The Bertz CT molecular complexity index is 470. The molecule has 0 fully saturated rings. The van der Waals surface area contributed by atoms with Gasteiger partial charge in [0.25, 0.3) is 0 Å². The number of aromatic nitrogens is 2. The minimum Gasteiger partial charge on any atom is -0.209 e. The molecule has 0 N–H and O–H groups in total. The summed E-state index contributed by atoms with van der Waals surface area (Å²) in [5.41, 5.74) is 1.43. The second kappa shape index (κ2) is 3.90. The van der Waals surface area contributed by atoms with Crippen LogP contribution in [0.15, 0.2) is 18.2 Å². The highest BCUT2D eigenvalue weighted by molar-refractivity contribution is 14.1. The number of hydrogen-bond donors (Lipinski definition) is 0. The molecule has 0 bridgehead atoms. The van der Waals surface area contributed by atoms with Crippen LogP contribution in [0.1, 0.15) is 5.56 Å². The van der Waals surface area contributed by atoms with Crippen LogP contribution >= 0.6 is 34.1 Å². The van der Waals surface area contributed by atoms with Gasteiger partial charge in [-0.2, -0.15) is 4.37 Å². The van der Waals surface area contributed by atoms with E-state index >= 15 is 0 Å². The highest BCUT2D eigenvalue weighted by atomic mass is 127. The van der Waals surface area contributed by atoms with Gasteiger partial charge in [0, 0.05) is 28.2 Å². The summed E-state index contributed by atoms with van der Waals surface area (Å²) in [5, 5.41) is 0.631. The van der Waals surface area contributed by atoms with Crippen molar-refractivity contribution in [3.05, 3.63) is 33.4 Å². The van der Waals surface area contributed by atoms with Gasteiger partial charge in [0.05, 0.1) is 0 Å². The van der Waals surface area contributed by atoms with E-state index in [1.54, 1.807) is 6.07 Å². The molecule has 0 radical (unpaired) electrons. The summed E-state index contributed by atoms with van der Waals surface area (Å²) in [6.45, 7) is 1.86. The molecule has 0 aliphatic rings.